The molecule has 26 heteroatoms. The molecule has 26 atom stereocenters. The number of Topliss-reactive ketones (excluding diaryl/α,β-unsaturated/α-hetero) is 3. The van der Waals surface area contributed by atoms with E-state index in [1.807, 2.05) is 148 Å². The summed E-state index contributed by atoms with van der Waals surface area (Å²) in [7, 11) is -4.64. The van der Waals surface area contributed by atoms with Crippen molar-refractivity contribution >= 4 is 75.5 Å². The van der Waals surface area contributed by atoms with Crippen LogP contribution >= 0.6 is 0 Å². The number of allylic oxidation sites excluding steroid dienone is 12. The molecule has 12 aliphatic carbocycles. The predicted octanol–water partition coefficient (Wildman–Crippen LogP) is 15.5. The quantitative estimate of drug-likeness (QED) is 0.0526. The average Bonchev–Trinajstić information content (AvgIpc) is 1.42. The average molecular weight is 1700 g/mol. The minimum atomic E-state index is -2.38. The van der Waals surface area contributed by atoms with Gasteiger partial charge in [-0.25, -0.2) is 22.8 Å². The summed E-state index contributed by atoms with van der Waals surface area (Å²) in [4.78, 5) is 128. The minimum Gasteiger partial charge on any atom is -0.458 e. The molecular formula is C94H125F3N2O19Si2. The van der Waals surface area contributed by atoms with Crippen molar-refractivity contribution in [1.29, 1.82) is 0 Å². The molecule has 9 fully saturated rings. The molecule has 0 heterocycles. The number of rotatable bonds is 18. The summed E-state index contributed by atoms with van der Waals surface area (Å²) < 4.78 is 90.0. The molecular weight excluding hydrogens is 1570 g/mol. The zero-order chi connectivity index (χ0) is 88.4. The summed E-state index contributed by atoms with van der Waals surface area (Å²) in [5, 5.41) is 39.4. The van der Waals surface area contributed by atoms with E-state index in [1.165, 1.54) is 38.2 Å². The molecule has 0 bridgehead atoms. The van der Waals surface area contributed by atoms with Crippen LogP contribution in [0.3, 0.4) is 0 Å². The van der Waals surface area contributed by atoms with Gasteiger partial charge in [-0.3, -0.25) is 38.4 Å². The van der Waals surface area contributed by atoms with E-state index in [-0.39, 0.29) is 48.4 Å². The zero-order valence-electron chi connectivity index (χ0n) is 73.2. The maximum Gasteiger partial charge on any atom is 0.408 e. The van der Waals surface area contributed by atoms with Crippen LogP contribution in [-0.2, 0) is 66.2 Å². The van der Waals surface area contributed by atoms with Gasteiger partial charge >= 0.3 is 24.1 Å². The van der Waals surface area contributed by atoms with Crippen molar-refractivity contribution in [2.75, 3.05) is 19.8 Å². The number of hydrogen-bond donors (Lipinski definition) is 5. The van der Waals surface area contributed by atoms with Crippen LogP contribution in [0.1, 0.15) is 190 Å². The van der Waals surface area contributed by atoms with Gasteiger partial charge in [0.1, 0.15) is 12.2 Å². The molecule has 2 aromatic carbocycles. The Labute approximate surface area is 706 Å². The Morgan fingerprint density at radius 2 is 0.817 bits per heavy atom. The lowest BCUT2D eigenvalue weighted by molar-refractivity contribution is -0.219. The van der Waals surface area contributed by atoms with E-state index >= 15 is 13.2 Å². The monoisotopic (exact) mass is 1700 g/mol. The lowest BCUT2D eigenvalue weighted by atomic mass is 9.44. The Hall–Kier alpha value is -7.60. The van der Waals surface area contributed by atoms with Gasteiger partial charge in [-0.15, -0.1) is 0 Å². The van der Waals surface area contributed by atoms with Crippen LogP contribution in [0.2, 0.25) is 39.3 Å². The van der Waals surface area contributed by atoms with E-state index in [9.17, 15) is 63.3 Å². The number of nitrogens with one attached hydrogen (secondary N) is 2. The first-order valence-electron chi connectivity index (χ1n) is 43.0. The molecule has 5 N–H and O–H groups in total. The summed E-state index contributed by atoms with van der Waals surface area (Å²) >= 11 is 0. The maximum atomic E-state index is 18.5. The van der Waals surface area contributed by atoms with Crippen LogP contribution in [0.4, 0.5) is 22.8 Å². The van der Waals surface area contributed by atoms with E-state index in [1.54, 1.807) is 58.1 Å². The third kappa shape index (κ3) is 14.5. The number of alkyl halides is 3. The van der Waals surface area contributed by atoms with Crippen LogP contribution in [-0.4, -0.2) is 163 Å². The highest BCUT2D eigenvalue weighted by atomic mass is 28.4. The lowest BCUT2D eigenvalue weighted by Crippen LogP contribution is -2.71. The highest BCUT2D eigenvalue weighted by Crippen LogP contribution is 2.76. The summed E-state index contributed by atoms with van der Waals surface area (Å²) in [6, 6.07) is 17.9. The van der Waals surface area contributed by atoms with Crippen LogP contribution in [0, 0.1) is 85.8 Å². The summed E-state index contributed by atoms with van der Waals surface area (Å²) in [6.45, 7) is 32.8. The first-order valence-corrected chi connectivity index (χ1v) is 49.8. The summed E-state index contributed by atoms with van der Waals surface area (Å²) in [5.41, 5.74) is -13.4. The molecule has 0 spiro atoms. The van der Waals surface area contributed by atoms with Crippen LogP contribution in [0.5, 0.6) is 0 Å². The highest BCUT2D eigenvalue weighted by molar-refractivity contribution is 6.70. The molecule has 14 rings (SSSR count). The van der Waals surface area contributed by atoms with Gasteiger partial charge in [0.15, 0.2) is 75.4 Å². The van der Waals surface area contributed by atoms with Gasteiger partial charge in [0.05, 0.1) is 30.4 Å². The molecule has 2 aromatic rings. The fourth-order valence-corrected chi connectivity index (χ4v) is 28.2. The van der Waals surface area contributed by atoms with E-state index < -0.39 is 216 Å². The Kier molecular flexibility index (Phi) is 24.6. The van der Waals surface area contributed by atoms with Crippen molar-refractivity contribution in [1.82, 2.24) is 10.6 Å². The van der Waals surface area contributed by atoms with Crippen LogP contribution in [0.25, 0.3) is 0 Å². The molecule has 21 nitrogen and oxygen atoms in total. The third-order valence-corrected chi connectivity index (χ3v) is 33.5. The molecule has 120 heavy (non-hydrogen) atoms. The number of carbonyl (C=O) groups excluding carboxylic acids is 10. The van der Waals surface area contributed by atoms with Crippen LogP contribution in [0.15, 0.2) is 132 Å². The Morgan fingerprint density at radius 3 is 1.19 bits per heavy atom. The molecule has 0 unspecified atom stereocenters. The second-order valence-corrected chi connectivity index (χ2v) is 49.1. The number of fused-ring (bicyclic) bond motifs is 15. The third-order valence-electron chi connectivity index (χ3n) is 31.5. The van der Waals surface area contributed by atoms with Gasteiger partial charge in [0.2, 0.25) is 17.3 Å². The fraction of sp³-hybridized carbons (Fsp3) is 0.638. The number of halogens is 3. The molecule has 0 saturated heterocycles. The van der Waals surface area contributed by atoms with Gasteiger partial charge < -0.3 is 53.8 Å². The first kappa shape index (κ1) is 91.6. The number of alkyl carbamates (subject to hydrolysis) is 2. The van der Waals surface area contributed by atoms with Crippen molar-refractivity contribution in [2.45, 2.75) is 271 Å². The molecule has 654 valence electrons. The second-order valence-electron chi connectivity index (χ2n) is 40.2. The fourth-order valence-electron chi connectivity index (χ4n) is 26.0. The smallest absolute Gasteiger partial charge is 0.408 e. The van der Waals surface area contributed by atoms with E-state index in [0.717, 1.165) is 22.3 Å². The molecule has 0 radical (unpaired) electrons. The van der Waals surface area contributed by atoms with E-state index in [4.69, 9.17) is 27.8 Å². The number of benzene rings is 2. The summed E-state index contributed by atoms with van der Waals surface area (Å²) in [6.07, 6.45) is 13.5. The molecule has 0 aliphatic heterocycles. The lowest BCUT2D eigenvalue weighted by Gasteiger charge is -2.64. The van der Waals surface area contributed by atoms with Crippen molar-refractivity contribution in [3.8, 4) is 0 Å². The molecule has 0 aromatic heterocycles. The zero-order valence-corrected chi connectivity index (χ0v) is 75.2. The minimum absolute atomic E-state index is 0.108. The van der Waals surface area contributed by atoms with E-state index in [2.05, 4.69) is 10.6 Å². The number of amides is 2. The molecule has 12 aliphatic rings. The summed E-state index contributed by atoms with van der Waals surface area (Å²) in [5.74, 6) is -7.50. The Morgan fingerprint density at radius 1 is 0.483 bits per heavy atom. The van der Waals surface area contributed by atoms with Crippen molar-refractivity contribution in [2.24, 2.45) is 85.8 Å². The maximum absolute atomic E-state index is 18.5. The normalized spacial score (nSPS) is 40.8. The SMILES string of the molecule is CC(=O)OCC(=O)[C@@]1(O)[C@@H](C)C[C@H]2[C@@H]3CCC4=CC(=O)C=C[C@]4(C)[C@@]3(F)[C@H](O[Si](C)(C)C)C[C@@]21C.CC(=O)OCC(=O)[C@@]1(OC(=O)N[C@H](C)c2ccccc2)[C@@H](C)C[C@H]2[C@@H]3CCC4=CC(=O)C=C[C@]4(C)[C@@]3(F)[C@H](O[Si](C)(C)C)C[C@@]21C.C[C@@H](NC(=O)O[C@]1(C(=O)CO)[C@@H](C)C[C@H]2[C@@H]3CCC4=CC(=O)C=C[C@]4(C)[C@@]3(F)[C@@H](O)C[C@@]21C)c1ccccc1. The van der Waals surface area contributed by atoms with Gasteiger partial charge in [-0.05, 0) is 222 Å². The molecule has 9 saturated carbocycles. The number of ether oxygens (including phenoxy) is 4. The predicted molar refractivity (Wildman–Crippen MR) is 448 cm³/mol. The largest absolute Gasteiger partial charge is 0.458 e. The number of aliphatic hydroxyl groups is 3. The first-order chi connectivity index (χ1) is 55.7. The molecule has 2 amide bonds. The van der Waals surface area contributed by atoms with Gasteiger partial charge in [-0.1, -0.05) is 137 Å². The van der Waals surface area contributed by atoms with Crippen molar-refractivity contribution in [3.05, 3.63) is 143 Å². The Balaban J connectivity index is 0.000000167. The number of esters is 2. The standard InChI is InChI=1S/C36H48FNO7Si.C31H38FNO6.C27H39FO6Si/c1-22-18-29-28-15-14-26-19-27(40)16-17-33(26,4)35(28,37)31(45-46(6,7)8)20-34(29,5)36(22,30(41)21-43-24(3)39)44-32(42)38-23(2)25-12-10-9-11-13-25;1-18-14-24-23-11-10-21-15-22(35)12-13-28(21,3)30(23,32)25(36)16-29(24,4)31(18,26(37)17-34)39-27(38)33-19(2)20-8-6-5-7-9-20;1-16-12-21-20-9-8-18-13-19(30)10-11-24(18,3)26(20,28)23(34-35(5,6)7)14-25(21,4)27(16,32)22(31)15-33-17(2)29/h9-13,16-17,19,22-23,28-29,31H,14-15,18,20-21H2,1-8H3,(H,38,42);5-9,12-13,15,18-19,23-25,34,36H,10-11,14,16-17H2,1-4H3,(H,33,38);10-11,13,16,20-21,23,32H,8-9,12,14-15H2,1-7H3/t22-,23+,28-,29-,31+,33-,34-,35-,36-;18-,19+,23-,24-,25-,28-,29-,30-,31-;16-,20-,21-,23+,24-,25-,26-,27-/m000/s1. The van der Waals surface area contributed by atoms with Crippen molar-refractivity contribution < 1.29 is 104 Å². The number of hydrogen-bond acceptors (Lipinski definition) is 19. The highest BCUT2D eigenvalue weighted by Gasteiger charge is 2.81. The van der Waals surface area contributed by atoms with Crippen molar-refractivity contribution in [3.63, 3.8) is 0 Å². The number of ketones is 6. The topological polar surface area (TPSA) is 311 Å². The van der Waals surface area contributed by atoms with Gasteiger partial charge in [0, 0.05) is 75.9 Å². The number of carbonyl (C=O) groups is 10. The van der Waals surface area contributed by atoms with Crippen LogP contribution < -0.4 is 10.6 Å². The van der Waals surface area contributed by atoms with E-state index in [0.29, 0.717) is 63.4 Å². The van der Waals surface area contributed by atoms with Gasteiger partial charge in [0.25, 0.3) is 0 Å². The number of aliphatic hydroxyl groups excluding tert-OH is 2. The Bertz CT molecular complexity index is 4630. The van der Waals surface area contributed by atoms with Gasteiger partial charge in [-0.2, -0.15) is 0 Å². The second kappa shape index (κ2) is 32.2.